The lowest BCUT2D eigenvalue weighted by molar-refractivity contribution is 0.0696. The molecule has 11 heteroatoms. The summed E-state index contributed by atoms with van der Waals surface area (Å²) in [7, 11) is 0. The number of aliphatic hydroxyl groups excluding tert-OH is 1. The van der Waals surface area contributed by atoms with Crippen molar-refractivity contribution in [3.63, 3.8) is 0 Å². The van der Waals surface area contributed by atoms with Crippen LogP contribution in [0.1, 0.15) is 32.5 Å². The predicted molar refractivity (Wildman–Crippen MR) is 118 cm³/mol. The summed E-state index contributed by atoms with van der Waals surface area (Å²) in [5, 5.41) is 25.0. The predicted octanol–water partition coefficient (Wildman–Crippen LogP) is 2.47. The number of hydrogen-bond acceptors (Lipinski definition) is 6. The quantitative estimate of drug-likeness (QED) is 0.337. The lowest BCUT2D eigenvalue weighted by Crippen LogP contribution is -2.31. The number of amides is 2. The first-order chi connectivity index (χ1) is 15.8. The standard InChI is InChI=1S/C22H20ClN3O7/c23-15-5-13-6-17(25-16(13)7-19(15)32-10-14-8-24-22(31)33-14)20(28)26-18(9-27)11-1-3-12(4-2-11)21(29)30/h1-7,14,18,25,27H,8-10H2,(H,24,31)(H,26,28)(H,29,30)/t14?,18-/m1/s1. The molecule has 1 aliphatic heterocycles. The molecule has 4 rings (SSSR count). The van der Waals surface area contributed by atoms with E-state index < -0.39 is 30.1 Å². The number of hydrogen-bond donors (Lipinski definition) is 5. The summed E-state index contributed by atoms with van der Waals surface area (Å²) >= 11 is 6.29. The highest BCUT2D eigenvalue weighted by Crippen LogP contribution is 2.31. The smallest absolute Gasteiger partial charge is 0.407 e. The van der Waals surface area contributed by atoms with Gasteiger partial charge in [-0.1, -0.05) is 23.7 Å². The molecule has 33 heavy (non-hydrogen) atoms. The Bertz CT molecular complexity index is 1210. The number of aromatic amines is 1. The molecule has 0 aliphatic carbocycles. The molecule has 2 heterocycles. The summed E-state index contributed by atoms with van der Waals surface area (Å²) in [5.41, 5.74) is 1.52. The molecule has 1 unspecified atom stereocenters. The number of H-pyrrole nitrogens is 1. The lowest BCUT2D eigenvalue weighted by Gasteiger charge is -2.16. The normalized spacial score (nSPS) is 16.2. The van der Waals surface area contributed by atoms with Crippen LogP contribution >= 0.6 is 11.6 Å². The van der Waals surface area contributed by atoms with Crippen LogP contribution in [0.4, 0.5) is 4.79 Å². The Kier molecular flexibility index (Phi) is 6.38. The number of carboxylic acids is 1. The first kappa shape index (κ1) is 22.4. The Morgan fingerprint density at radius 2 is 2.00 bits per heavy atom. The molecule has 0 saturated carbocycles. The Morgan fingerprint density at radius 3 is 2.64 bits per heavy atom. The highest BCUT2D eigenvalue weighted by Gasteiger charge is 2.23. The fourth-order valence-corrected chi connectivity index (χ4v) is 3.63. The number of alkyl carbamates (subject to hydrolysis) is 1. The number of carbonyl (C=O) groups is 3. The molecule has 2 amide bonds. The number of fused-ring (bicyclic) bond motifs is 1. The molecule has 0 bridgehead atoms. The molecule has 1 fully saturated rings. The Balaban J connectivity index is 1.47. The molecular weight excluding hydrogens is 454 g/mol. The molecular formula is C22H20ClN3O7. The van der Waals surface area contributed by atoms with Crippen molar-refractivity contribution >= 4 is 40.5 Å². The molecule has 1 aromatic heterocycles. The molecule has 2 aromatic carbocycles. The number of nitrogens with one attached hydrogen (secondary N) is 3. The van der Waals surface area contributed by atoms with Crippen LogP contribution in [0.2, 0.25) is 5.02 Å². The summed E-state index contributed by atoms with van der Waals surface area (Å²) < 4.78 is 10.7. The monoisotopic (exact) mass is 473 g/mol. The average Bonchev–Trinajstić information content (AvgIpc) is 3.41. The van der Waals surface area contributed by atoms with E-state index in [1.807, 2.05) is 0 Å². The number of cyclic esters (lactones) is 1. The fraction of sp³-hybridized carbons (Fsp3) is 0.227. The maximum atomic E-state index is 12.8. The number of halogens is 1. The first-order valence-electron chi connectivity index (χ1n) is 9.98. The third kappa shape index (κ3) is 5.02. The molecule has 3 aromatic rings. The second-order valence-corrected chi connectivity index (χ2v) is 7.82. The van der Waals surface area contributed by atoms with Crippen molar-refractivity contribution in [2.24, 2.45) is 0 Å². The van der Waals surface area contributed by atoms with Crippen LogP contribution in [-0.4, -0.2) is 59.0 Å². The van der Waals surface area contributed by atoms with Crippen molar-refractivity contribution in [3.05, 3.63) is 64.3 Å². The number of rotatable bonds is 8. The third-order valence-corrected chi connectivity index (χ3v) is 5.43. The van der Waals surface area contributed by atoms with Gasteiger partial charge in [0.15, 0.2) is 6.10 Å². The molecule has 0 radical (unpaired) electrons. The van der Waals surface area contributed by atoms with E-state index in [1.54, 1.807) is 18.2 Å². The van der Waals surface area contributed by atoms with Crippen molar-refractivity contribution in [2.75, 3.05) is 19.8 Å². The second-order valence-electron chi connectivity index (χ2n) is 7.41. The number of carbonyl (C=O) groups excluding carboxylic acids is 2. The van der Waals surface area contributed by atoms with Crippen molar-refractivity contribution in [1.82, 2.24) is 15.6 Å². The van der Waals surface area contributed by atoms with Gasteiger partial charge < -0.3 is 35.3 Å². The van der Waals surface area contributed by atoms with Gasteiger partial charge in [0.2, 0.25) is 0 Å². The van der Waals surface area contributed by atoms with Gasteiger partial charge >= 0.3 is 12.1 Å². The molecule has 0 spiro atoms. The zero-order chi connectivity index (χ0) is 23.5. The van der Waals surface area contributed by atoms with Gasteiger partial charge in [-0.2, -0.15) is 0 Å². The topological polar surface area (TPSA) is 150 Å². The number of ether oxygens (including phenoxy) is 2. The summed E-state index contributed by atoms with van der Waals surface area (Å²) in [5.74, 6) is -1.16. The lowest BCUT2D eigenvalue weighted by atomic mass is 10.1. The van der Waals surface area contributed by atoms with Gasteiger partial charge in [0.05, 0.1) is 29.8 Å². The van der Waals surface area contributed by atoms with Gasteiger partial charge in [0, 0.05) is 17.0 Å². The average molecular weight is 474 g/mol. The fourth-order valence-electron chi connectivity index (χ4n) is 3.40. The van der Waals surface area contributed by atoms with E-state index in [2.05, 4.69) is 15.6 Å². The van der Waals surface area contributed by atoms with Crippen LogP contribution in [0.15, 0.2) is 42.5 Å². The van der Waals surface area contributed by atoms with E-state index in [1.165, 1.54) is 24.3 Å². The summed E-state index contributed by atoms with van der Waals surface area (Å²) in [6, 6.07) is 10.1. The number of aromatic nitrogens is 1. The van der Waals surface area contributed by atoms with Crippen LogP contribution in [0.5, 0.6) is 5.75 Å². The number of aromatic carboxylic acids is 1. The highest BCUT2D eigenvalue weighted by atomic mass is 35.5. The summed E-state index contributed by atoms with van der Waals surface area (Å²) in [6.07, 6.45) is -0.918. The Labute approximate surface area is 192 Å². The second kappa shape index (κ2) is 9.39. The van der Waals surface area contributed by atoms with E-state index in [4.69, 9.17) is 26.2 Å². The van der Waals surface area contributed by atoms with Gasteiger partial charge in [0.1, 0.15) is 18.1 Å². The molecule has 1 saturated heterocycles. The molecule has 2 atom stereocenters. The van der Waals surface area contributed by atoms with E-state index in [9.17, 15) is 19.5 Å². The van der Waals surface area contributed by atoms with Gasteiger partial charge in [-0.25, -0.2) is 9.59 Å². The van der Waals surface area contributed by atoms with Crippen LogP contribution in [0.25, 0.3) is 10.9 Å². The van der Waals surface area contributed by atoms with Gasteiger partial charge in [-0.3, -0.25) is 4.79 Å². The minimum atomic E-state index is -1.06. The minimum Gasteiger partial charge on any atom is -0.488 e. The molecule has 10 nitrogen and oxygen atoms in total. The minimum absolute atomic E-state index is 0.106. The van der Waals surface area contributed by atoms with Crippen molar-refractivity contribution in [3.8, 4) is 5.75 Å². The Hall–Kier alpha value is -3.76. The van der Waals surface area contributed by atoms with Crippen LogP contribution < -0.4 is 15.4 Å². The van der Waals surface area contributed by atoms with Crippen LogP contribution in [0, 0.1) is 0 Å². The van der Waals surface area contributed by atoms with Crippen LogP contribution in [-0.2, 0) is 4.74 Å². The van der Waals surface area contributed by atoms with E-state index in [0.29, 0.717) is 33.8 Å². The van der Waals surface area contributed by atoms with Gasteiger partial charge in [0.25, 0.3) is 5.91 Å². The van der Waals surface area contributed by atoms with Crippen LogP contribution in [0.3, 0.4) is 0 Å². The van der Waals surface area contributed by atoms with Crippen molar-refractivity contribution in [1.29, 1.82) is 0 Å². The van der Waals surface area contributed by atoms with Crippen molar-refractivity contribution < 1.29 is 34.1 Å². The largest absolute Gasteiger partial charge is 0.488 e. The van der Waals surface area contributed by atoms with E-state index >= 15 is 0 Å². The zero-order valence-electron chi connectivity index (χ0n) is 17.1. The van der Waals surface area contributed by atoms with Crippen molar-refractivity contribution in [2.45, 2.75) is 12.1 Å². The summed E-state index contributed by atoms with van der Waals surface area (Å²) in [6.45, 7) is 0.0935. The Morgan fingerprint density at radius 1 is 1.24 bits per heavy atom. The van der Waals surface area contributed by atoms with E-state index in [-0.39, 0.29) is 24.5 Å². The highest BCUT2D eigenvalue weighted by molar-refractivity contribution is 6.32. The number of benzene rings is 2. The van der Waals surface area contributed by atoms with E-state index in [0.717, 1.165) is 0 Å². The van der Waals surface area contributed by atoms with Gasteiger partial charge in [-0.15, -0.1) is 0 Å². The maximum absolute atomic E-state index is 12.8. The number of carboxylic acid groups (broad SMARTS) is 1. The summed E-state index contributed by atoms with van der Waals surface area (Å²) in [4.78, 5) is 37.9. The maximum Gasteiger partial charge on any atom is 0.407 e. The third-order valence-electron chi connectivity index (χ3n) is 5.14. The zero-order valence-corrected chi connectivity index (χ0v) is 17.9. The first-order valence-corrected chi connectivity index (χ1v) is 10.4. The molecule has 1 aliphatic rings. The molecule has 5 N–H and O–H groups in total. The number of aliphatic hydroxyl groups is 1. The molecule has 172 valence electrons. The van der Waals surface area contributed by atoms with Gasteiger partial charge in [-0.05, 0) is 29.8 Å². The SMILES string of the molecule is O=C1NCC(COc2cc3[nH]c(C(=O)N[C@H](CO)c4ccc(C(=O)O)cc4)cc3cc2Cl)O1.